The molecule has 0 radical (unpaired) electrons. The minimum absolute atomic E-state index is 0.1000. The van der Waals surface area contributed by atoms with Crippen molar-refractivity contribution in [2.24, 2.45) is 5.92 Å². The summed E-state index contributed by atoms with van der Waals surface area (Å²) in [5, 5.41) is 2.93. The van der Waals surface area contributed by atoms with Gasteiger partial charge in [-0.15, -0.1) is 0 Å². The second-order valence-electron chi connectivity index (χ2n) is 4.98. The van der Waals surface area contributed by atoms with Crippen LogP contribution in [0.4, 0.5) is 0 Å². The molecule has 4 heteroatoms. The minimum atomic E-state index is -0.519. The summed E-state index contributed by atoms with van der Waals surface area (Å²) in [5.41, 5.74) is 0. The van der Waals surface area contributed by atoms with Crippen molar-refractivity contribution in [2.45, 2.75) is 39.8 Å². The summed E-state index contributed by atoms with van der Waals surface area (Å²) in [6.07, 6.45) is -0.519. The number of methoxy groups -OCH3 is 1. The molecule has 1 aromatic rings. The number of carbonyl (C=O) groups is 1. The zero-order valence-corrected chi connectivity index (χ0v) is 12.3. The van der Waals surface area contributed by atoms with Crippen LogP contribution in [0.15, 0.2) is 24.3 Å². The summed E-state index contributed by atoms with van der Waals surface area (Å²) in [6, 6.07) is 7.31. The highest BCUT2D eigenvalue weighted by atomic mass is 16.5. The lowest BCUT2D eigenvalue weighted by atomic mass is 10.1. The lowest BCUT2D eigenvalue weighted by Crippen LogP contribution is -2.43. The standard InChI is InChI=1S/C15H23NO3/c1-10(2)11(3)16-15(17)12(4)19-14-8-6-13(18-5)7-9-14/h6-12H,1-5H3,(H,16,17)/t11-,12+/m1/s1. The van der Waals surface area contributed by atoms with Crippen molar-refractivity contribution in [1.82, 2.24) is 5.32 Å². The first-order valence-corrected chi connectivity index (χ1v) is 6.55. The molecule has 0 aromatic heterocycles. The third kappa shape index (κ3) is 4.81. The van der Waals surface area contributed by atoms with E-state index in [0.717, 1.165) is 5.75 Å². The van der Waals surface area contributed by atoms with E-state index < -0.39 is 6.10 Å². The zero-order chi connectivity index (χ0) is 14.4. The van der Waals surface area contributed by atoms with Crippen LogP contribution in [0.1, 0.15) is 27.7 Å². The van der Waals surface area contributed by atoms with Gasteiger partial charge in [-0.2, -0.15) is 0 Å². The molecule has 4 nitrogen and oxygen atoms in total. The second kappa shape index (κ2) is 7.02. The number of hydrogen-bond acceptors (Lipinski definition) is 3. The van der Waals surface area contributed by atoms with E-state index >= 15 is 0 Å². The van der Waals surface area contributed by atoms with Crippen LogP contribution < -0.4 is 14.8 Å². The van der Waals surface area contributed by atoms with Crippen molar-refractivity contribution >= 4 is 5.91 Å². The minimum Gasteiger partial charge on any atom is -0.497 e. The first-order valence-electron chi connectivity index (χ1n) is 6.55. The lowest BCUT2D eigenvalue weighted by molar-refractivity contribution is -0.128. The van der Waals surface area contributed by atoms with Gasteiger partial charge in [0.1, 0.15) is 11.5 Å². The molecule has 0 unspecified atom stereocenters. The van der Waals surface area contributed by atoms with Crippen LogP contribution in [0.25, 0.3) is 0 Å². The van der Waals surface area contributed by atoms with Crippen molar-refractivity contribution in [1.29, 1.82) is 0 Å². The molecule has 0 spiro atoms. The summed E-state index contributed by atoms with van der Waals surface area (Å²) in [6.45, 7) is 7.87. The SMILES string of the molecule is COc1ccc(O[C@@H](C)C(=O)N[C@H](C)C(C)C)cc1. The van der Waals surface area contributed by atoms with E-state index in [-0.39, 0.29) is 11.9 Å². The molecular weight excluding hydrogens is 242 g/mol. The summed E-state index contributed by atoms with van der Waals surface area (Å²) < 4.78 is 10.7. The predicted octanol–water partition coefficient (Wildman–Crippen LogP) is 2.62. The molecule has 0 aliphatic carbocycles. The van der Waals surface area contributed by atoms with Crippen molar-refractivity contribution in [2.75, 3.05) is 7.11 Å². The molecule has 1 N–H and O–H groups in total. The fraction of sp³-hybridized carbons (Fsp3) is 0.533. The van der Waals surface area contributed by atoms with E-state index in [0.29, 0.717) is 11.7 Å². The fourth-order valence-electron chi connectivity index (χ4n) is 1.42. The fourth-order valence-corrected chi connectivity index (χ4v) is 1.42. The van der Waals surface area contributed by atoms with Crippen LogP contribution in [0.5, 0.6) is 11.5 Å². The number of hydrogen-bond donors (Lipinski definition) is 1. The van der Waals surface area contributed by atoms with E-state index in [1.807, 2.05) is 6.92 Å². The van der Waals surface area contributed by atoms with Gasteiger partial charge in [0.15, 0.2) is 6.10 Å². The van der Waals surface area contributed by atoms with Gasteiger partial charge < -0.3 is 14.8 Å². The predicted molar refractivity (Wildman–Crippen MR) is 75.5 cm³/mol. The van der Waals surface area contributed by atoms with Crippen molar-refractivity contribution in [3.8, 4) is 11.5 Å². The Bertz CT molecular complexity index is 400. The molecule has 0 aliphatic heterocycles. The smallest absolute Gasteiger partial charge is 0.260 e. The Morgan fingerprint density at radius 3 is 2.05 bits per heavy atom. The average Bonchev–Trinajstić information content (AvgIpc) is 2.39. The van der Waals surface area contributed by atoms with E-state index in [1.165, 1.54) is 0 Å². The maximum Gasteiger partial charge on any atom is 0.260 e. The topological polar surface area (TPSA) is 47.6 Å². The van der Waals surface area contributed by atoms with Gasteiger partial charge in [-0.1, -0.05) is 13.8 Å². The summed E-state index contributed by atoms with van der Waals surface area (Å²) in [7, 11) is 1.61. The third-order valence-corrected chi connectivity index (χ3v) is 3.11. The second-order valence-corrected chi connectivity index (χ2v) is 4.98. The van der Waals surface area contributed by atoms with Crippen LogP contribution >= 0.6 is 0 Å². The van der Waals surface area contributed by atoms with E-state index in [9.17, 15) is 4.79 Å². The Morgan fingerprint density at radius 2 is 1.58 bits per heavy atom. The number of nitrogens with one attached hydrogen (secondary N) is 1. The van der Waals surface area contributed by atoms with E-state index in [4.69, 9.17) is 9.47 Å². The highest BCUT2D eigenvalue weighted by molar-refractivity contribution is 5.81. The molecule has 0 saturated carbocycles. The largest absolute Gasteiger partial charge is 0.497 e. The molecule has 19 heavy (non-hydrogen) atoms. The Hall–Kier alpha value is -1.71. The van der Waals surface area contributed by atoms with Crippen LogP contribution in [-0.4, -0.2) is 25.2 Å². The Kier molecular flexibility index (Phi) is 5.67. The van der Waals surface area contributed by atoms with E-state index in [1.54, 1.807) is 38.3 Å². The maximum absolute atomic E-state index is 11.9. The van der Waals surface area contributed by atoms with Gasteiger partial charge in [0, 0.05) is 6.04 Å². The van der Waals surface area contributed by atoms with Crippen LogP contribution in [0.2, 0.25) is 0 Å². The Morgan fingerprint density at radius 1 is 1.05 bits per heavy atom. The highest BCUT2D eigenvalue weighted by Crippen LogP contribution is 2.18. The Labute approximate surface area is 115 Å². The third-order valence-electron chi connectivity index (χ3n) is 3.11. The number of rotatable bonds is 6. The van der Waals surface area contributed by atoms with Crippen molar-refractivity contribution in [3.05, 3.63) is 24.3 Å². The quantitative estimate of drug-likeness (QED) is 0.860. The molecule has 0 heterocycles. The molecule has 1 amide bonds. The lowest BCUT2D eigenvalue weighted by Gasteiger charge is -2.21. The van der Waals surface area contributed by atoms with Crippen molar-refractivity contribution in [3.63, 3.8) is 0 Å². The van der Waals surface area contributed by atoms with Crippen LogP contribution in [-0.2, 0) is 4.79 Å². The molecule has 1 rings (SSSR count). The number of benzene rings is 1. The molecule has 1 aromatic carbocycles. The van der Waals surface area contributed by atoms with Gasteiger partial charge in [0.25, 0.3) is 5.91 Å². The van der Waals surface area contributed by atoms with Gasteiger partial charge >= 0.3 is 0 Å². The first kappa shape index (κ1) is 15.3. The van der Waals surface area contributed by atoms with Crippen LogP contribution in [0, 0.1) is 5.92 Å². The zero-order valence-electron chi connectivity index (χ0n) is 12.3. The molecular formula is C15H23NO3. The van der Waals surface area contributed by atoms with Gasteiger partial charge in [0.05, 0.1) is 7.11 Å². The summed E-state index contributed by atoms with van der Waals surface area (Å²) in [5.74, 6) is 1.72. The molecule has 0 bridgehead atoms. The highest BCUT2D eigenvalue weighted by Gasteiger charge is 2.18. The molecule has 0 fully saturated rings. The molecule has 2 atom stereocenters. The monoisotopic (exact) mass is 265 g/mol. The summed E-state index contributed by atoms with van der Waals surface area (Å²) in [4.78, 5) is 11.9. The number of carbonyl (C=O) groups excluding carboxylic acids is 1. The number of ether oxygens (including phenoxy) is 2. The average molecular weight is 265 g/mol. The normalized spacial score (nSPS) is 13.8. The van der Waals surface area contributed by atoms with Crippen LogP contribution in [0.3, 0.4) is 0 Å². The van der Waals surface area contributed by atoms with Gasteiger partial charge in [0.2, 0.25) is 0 Å². The van der Waals surface area contributed by atoms with E-state index in [2.05, 4.69) is 19.2 Å². The van der Waals surface area contributed by atoms with Gasteiger partial charge in [-0.3, -0.25) is 4.79 Å². The first-order chi connectivity index (χ1) is 8.93. The van der Waals surface area contributed by atoms with Gasteiger partial charge in [-0.25, -0.2) is 0 Å². The molecule has 0 aliphatic rings. The maximum atomic E-state index is 11.9. The number of amides is 1. The summed E-state index contributed by atoms with van der Waals surface area (Å²) >= 11 is 0. The molecule has 0 saturated heterocycles. The van der Waals surface area contributed by atoms with Crippen molar-refractivity contribution < 1.29 is 14.3 Å². The molecule has 106 valence electrons. The Balaban J connectivity index is 2.53. The van der Waals surface area contributed by atoms with Gasteiger partial charge in [-0.05, 0) is 44.0 Å².